The second-order valence-electron chi connectivity index (χ2n) is 6.13. The molecule has 3 heteroatoms. The van der Waals surface area contributed by atoms with Gasteiger partial charge in [-0.3, -0.25) is 0 Å². The Morgan fingerprint density at radius 3 is 2.48 bits per heavy atom. The smallest absolute Gasteiger partial charge is 0.139 e. The molecule has 1 N–H and O–H groups in total. The summed E-state index contributed by atoms with van der Waals surface area (Å²) in [4.78, 5) is 8.33. The van der Waals surface area contributed by atoms with Crippen LogP contribution in [0.2, 0.25) is 0 Å². The third-order valence-electron chi connectivity index (χ3n) is 4.70. The molecule has 3 nitrogen and oxygen atoms in total. The van der Waals surface area contributed by atoms with Crippen LogP contribution in [-0.4, -0.2) is 17.1 Å². The van der Waals surface area contributed by atoms with Gasteiger partial charge in [0.25, 0.3) is 0 Å². The monoisotopic (exact) mass is 324 g/mol. The summed E-state index contributed by atoms with van der Waals surface area (Å²) in [6.07, 6.45) is 0. The molecule has 120 valence electrons. The summed E-state index contributed by atoms with van der Waals surface area (Å²) < 4.78 is 5.46. The zero-order chi connectivity index (χ0) is 16.8. The van der Waals surface area contributed by atoms with Gasteiger partial charge in [-0.2, -0.15) is 0 Å². The number of H-pyrrole nitrogens is 1. The Hall–Kier alpha value is -3.33. The van der Waals surface area contributed by atoms with Crippen molar-refractivity contribution < 1.29 is 4.74 Å². The lowest BCUT2D eigenvalue weighted by atomic mass is 9.96. The predicted molar refractivity (Wildman–Crippen MR) is 103 cm³/mol. The molecule has 0 spiro atoms. The van der Waals surface area contributed by atoms with Crippen molar-refractivity contribution in [1.82, 2.24) is 9.97 Å². The van der Waals surface area contributed by atoms with Crippen molar-refractivity contribution in [2.45, 2.75) is 0 Å². The number of ether oxygens (including phenoxy) is 1. The summed E-state index contributed by atoms with van der Waals surface area (Å²) in [5.41, 5.74) is 5.34. The van der Waals surface area contributed by atoms with Crippen molar-refractivity contribution in [2.24, 2.45) is 0 Å². The number of aromatic nitrogens is 2. The maximum absolute atomic E-state index is 5.46. The Labute approximate surface area is 144 Å². The molecule has 0 bridgehead atoms. The molecule has 5 aromatic rings. The minimum Gasteiger partial charge on any atom is -0.497 e. The number of aromatic amines is 1. The molecule has 0 saturated heterocycles. The van der Waals surface area contributed by atoms with Gasteiger partial charge in [-0.1, -0.05) is 48.5 Å². The number of pyridine rings is 1. The Balaban J connectivity index is 2.05. The summed E-state index contributed by atoms with van der Waals surface area (Å²) in [5, 5.41) is 3.44. The molecule has 0 aliphatic rings. The van der Waals surface area contributed by atoms with Gasteiger partial charge < -0.3 is 9.72 Å². The van der Waals surface area contributed by atoms with Crippen LogP contribution < -0.4 is 4.74 Å². The highest BCUT2D eigenvalue weighted by Crippen LogP contribution is 2.39. The molecule has 0 unspecified atom stereocenters. The number of nitrogens with zero attached hydrogens (tertiary/aromatic N) is 1. The minimum atomic E-state index is 0.839. The molecule has 0 amide bonds. The number of hydrogen-bond donors (Lipinski definition) is 1. The second kappa shape index (κ2) is 5.35. The van der Waals surface area contributed by atoms with E-state index >= 15 is 0 Å². The lowest BCUT2D eigenvalue weighted by Gasteiger charge is -2.10. The van der Waals surface area contributed by atoms with Gasteiger partial charge in [-0.15, -0.1) is 0 Å². The van der Waals surface area contributed by atoms with Crippen LogP contribution in [-0.2, 0) is 0 Å². The van der Waals surface area contributed by atoms with Gasteiger partial charge in [-0.05, 0) is 29.8 Å². The average molecular weight is 324 g/mol. The molecule has 0 radical (unpaired) electrons. The highest BCUT2D eigenvalue weighted by atomic mass is 16.5. The van der Waals surface area contributed by atoms with E-state index < -0.39 is 0 Å². The van der Waals surface area contributed by atoms with E-state index in [9.17, 15) is 0 Å². The first-order valence-electron chi connectivity index (χ1n) is 8.29. The van der Waals surface area contributed by atoms with Crippen molar-refractivity contribution in [3.63, 3.8) is 0 Å². The van der Waals surface area contributed by atoms with Crippen molar-refractivity contribution in [1.29, 1.82) is 0 Å². The average Bonchev–Trinajstić information content (AvgIpc) is 3.04. The number of fused-ring (bicyclic) bond motifs is 4. The van der Waals surface area contributed by atoms with E-state index in [0.717, 1.165) is 33.2 Å². The molecule has 0 saturated carbocycles. The molecular weight excluding hydrogens is 308 g/mol. The maximum atomic E-state index is 5.46. The predicted octanol–water partition coefficient (Wildman–Crippen LogP) is 5.54. The number of methoxy groups -OCH3 is 1. The van der Waals surface area contributed by atoms with Crippen LogP contribution in [0.25, 0.3) is 44.0 Å². The van der Waals surface area contributed by atoms with E-state index in [1.165, 1.54) is 16.5 Å². The standard InChI is InChI=1S/C22H16N2O/c1-25-15-11-12-19-17(13-15)20(14-7-3-2-4-8-14)21-16-9-5-6-10-18(16)23-22(21)24-19/h2-13H,1H3,(H,23,24). The number of hydrogen-bond acceptors (Lipinski definition) is 2. The van der Waals surface area contributed by atoms with Gasteiger partial charge in [0.2, 0.25) is 0 Å². The Kier molecular flexibility index (Phi) is 3.01. The van der Waals surface area contributed by atoms with Gasteiger partial charge in [0, 0.05) is 27.2 Å². The SMILES string of the molecule is COc1ccc2nc3[nH]c4ccccc4c3c(-c3ccccc3)c2c1. The number of benzene rings is 3. The molecular formula is C22H16N2O. The van der Waals surface area contributed by atoms with E-state index in [2.05, 4.69) is 53.5 Å². The summed E-state index contributed by atoms with van der Waals surface area (Å²) >= 11 is 0. The quantitative estimate of drug-likeness (QED) is 0.462. The molecule has 2 heterocycles. The number of nitrogens with one attached hydrogen (secondary N) is 1. The first-order valence-corrected chi connectivity index (χ1v) is 8.29. The van der Waals surface area contributed by atoms with Gasteiger partial charge in [0.15, 0.2) is 0 Å². The van der Waals surface area contributed by atoms with Crippen molar-refractivity contribution >= 4 is 32.8 Å². The summed E-state index contributed by atoms with van der Waals surface area (Å²) in [7, 11) is 1.70. The Morgan fingerprint density at radius 1 is 0.840 bits per heavy atom. The minimum absolute atomic E-state index is 0.839. The summed E-state index contributed by atoms with van der Waals surface area (Å²) in [6, 6.07) is 24.9. The molecule has 0 aliphatic carbocycles. The molecule has 5 rings (SSSR count). The topological polar surface area (TPSA) is 37.9 Å². The fraction of sp³-hybridized carbons (Fsp3) is 0.0455. The molecule has 0 fully saturated rings. The summed E-state index contributed by atoms with van der Waals surface area (Å²) in [5.74, 6) is 0.839. The van der Waals surface area contributed by atoms with Crippen molar-refractivity contribution in [3.8, 4) is 16.9 Å². The van der Waals surface area contributed by atoms with Crippen LogP contribution in [0.5, 0.6) is 5.75 Å². The van der Waals surface area contributed by atoms with Crippen LogP contribution in [0.1, 0.15) is 0 Å². The van der Waals surface area contributed by atoms with Crippen LogP contribution in [0.3, 0.4) is 0 Å². The third-order valence-corrected chi connectivity index (χ3v) is 4.70. The van der Waals surface area contributed by atoms with E-state index in [-0.39, 0.29) is 0 Å². The highest BCUT2D eigenvalue weighted by molar-refractivity contribution is 6.19. The van der Waals surface area contributed by atoms with Crippen LogP contribution in [0, 0.1) is 0 Å². The maximum Gasteiger partial charge on any atom is 0.139 e. The third kappa shape index (κ3) is 2.09. The lowest BCUT2D eigenvalue weighted by Crippen LogP contribution is -1.90. The number of rotatable bonds is 2. The van der Waals surface area contributed by atoms with Gasteiger partial charge >= 0.3 is 0 Å². The second-order valence-corrected chi connectivity index (χ2v) is 6.13. The highest BCUT2D eigenvalue weighted by Gasteiger charge is 2.16. The first-order chi connectivity index (χ1) is 12.3. The lowest BCUT2D eigenvalue weighted by molar-refractivity contribution is 0.415. The van der Waals surface area contributed by atoms with Gasteiger partial charge in [0.05, 0.1) is 12.6 Å². The Morgan fingerprint density at radius 2 is 1.64 bits per heavy atom. The molecule has 3 aromatic carbocycles. The molecule has 0 atom stereocenters. The van der Waals surface area contributed by atoms with Gasteiger partial charge in [0.1, 0.15) is 11.4 Å². The molecule has 2 aromatic heterocycles. The van der Waals surface area contributed by atoms with Crippen LogP contribution in [0.15, 0.2) is 72.8 Å². The summed E-state index contributed by atoms with van der Waals surface area (Å²) in [6.45, 7) is 0. The normalized spacial score (nSPS) is 11.4. The van der Waals surface area contributed by atoms with Crippen molar-refractivity contribution in [2.75, 3.05) is 7.11 Å². The fourth-order valence-corrected chi connectivity index (χ4v) is 3.56. The van der Waals surface area contributed by atoms with Gasteiger partial charge in [-0.25, -0.2) is 4.98 Å². The van der Waals surface area contributed by atoms with Crippen LogP contribution in [0.4, 0.5) is 0 Å². The van der Waals surface area contributed by atoms with E-state index in [4.69, 9.17) is 9.72 Å². The molecule has 25 heavy (non-hydrogen) atoms. The molecule has 0 aliphatic heterocycles. The zero-order valence-electron chi connectivity index (χ0n) is 13.8. The fourth-order valence-electron chi connectivity index (χ4n) is 3.56. The van der Waals surface area contributed by atoms with E-state index in [1.54, 1.807) is 7.11 Å². The van der Waals surface area contributed by atoms with Crippen molar-refractivity contribution in [3.05, 3.63) is 72.8 Å². The zero-order valence-corrected chi connectivity index (χ0v) is 13.8. The Bertz CT molecular complexity index is 1220. The number of para-hydroxylation sites is 1. The van der Waals surface area contributed by atoms with E-state index in [1.807, 2.05) is 24.3 Å². The van der Waals surface area contributed by atoms with Crippen LogP contribution >= 0.6 is 0 Å². The first kappa shape index (κ1) is 14.1. The van der Waals surface area contributed by atoms with E-state index in [0.29, 0.717) is 0 Å². The largest absolute Gasteiger partial charge is 0.497 e.